The molecule has 1 aliphatic rings. The van der Waals surface area contributed by atoms with Crippen molar-refractivity contribution in [3.05, 3.63) is 6.33 Å². The first-order chi connectivity index (χ1) is 15.3. The molecule has 4 atom stereocenters. The Balaban J connectivity index is 2.10. The molecule has 3 N–H and O–H groups in total. The second-order valence-electron chi connectivity index (χ2n) is 6.79. The van der Waals surface area contributed by atoms with Gasteiger partial charge < -0.3 is 29.8 Å². The van der Waals surface area contributed by atoms with E-state index in [1.54, 1.807) is 13.8 Å². The maximum atomic E-state index is 12.1. The van der Waals surface area contributed by atoms with Crippen LogP contribution in [0.4, 0.5) is 5.95 Å². The molecule has 1 fully saturated rings. The van der Waals surface area contributed by atoms with Crippen LogP contribution in [0, 0.1) is 11.3 Å². The fourth-order valence-electron chi connectivity index (χ4n) is 3.27. The molecule has 0 bridgehead atoms. The number of ether oxygens (including phenoxy) is 4. The van der Waals surface area contributed by atoms with Gasteiger partial charge in [-0.05, 0) is 17.5 Å². The van der Waals surface area contributed by atoms with Crippen LogP contribution in [0.3, 0.4) is 0 Å². The molecule has 0 aliphatic carbocycles. The third kappa shape index (κ3) is 4.27. The number of methoxy groups -OCH3 is 1. The van der Waals surface area contributed by atoms with Crippen molar-refractivity contribution in [1.29, 1.82) is 0 Å². The van der Waals surface area contributed by atoms with E-state index in [4.69, 9.17) is 36.3 Å². The van der Waals surface area contributed by atoms with E-state index in [9.17, 15) is 14.7 Å². The summed E-state index contributed by atoms with van der Waals surface area (Å²) in [6.45, 7) is 2.91. The van der Waals surface area contributed by atoms with Crippen LogP contribution in [-0.4, -0.2) is 68.1 Å². The van der Waals surface area contributed by atoms with Crippen LogP contribution in [0.15, 0.2) is 6.33 Å². The number of carbonyl (C=O) groups is 2. The van der Waals surface area contributed by atoms with Crippen LogP contribution in [0.2, 0.25) is 0 Å². The average molecular weight is 468 g/mol. The molecule has 172 valence electrons. The van der Waals surface area contributed by atoms with Crippen LogP contribution in [0.5, 0.6) is 5.88 Å². The fourth-order valence-corrected chi connectivity index (χ4v) is 3.42. The average Bonchev–Trinajstić information content (AvgIpc) is 3.30. The molecule has 32 heavy (non-hydrogen) atoms. The first kappa shape index (κ1) is 23.5. The highest BCUT2D eigenvalue weighted by Gasteiger charge is 2.59. The Morgan fingerprint density at radius 3 is 2.69 bits per heavy atom. The molecule has 2 aromatic rings. The van der Waals surface area contributed by atoms with Crippen molar-refractivity contribution in [2.45, 2.75) is 50.7 Å². The molecular formula is C19H22ClN5O7. The molecule has 0 amide bonds. The van der Waals surface area contributed by atoms with E-state index in [0.29, 0.717) is 0 Å². The van der Waals surface area contributed by atoms with Gasteiger partial charge in [0.2, 0.25) is 17.4 Å². The van der Waals surface area contributed by atoms with E-state index in [1.165, 1.54) is 18.0 Å². The van der Waals surface area contributed by atoms with Gasteiger partial charge in [-0.3, -0.25) is 14.2 Å². The number of carbonyl (C=O) groups excluding carboxylic acids is 2. The highest BCUT2D eigenvalue weighted by molar-refractivity contribution is 6.30. The van der Waals surface area contributed by atoms with Crippen LogP contribution in [0.25, 0.3) is 11.2 Å². The van der Waals surface area contributed by atoms with Gasteiger partial charge in [-0.15, -0.1) is 0 Å². The molecule has 1 saturated heterocycles. The molecule has 12 nitrogen and oxygen atoms in total. The second kappa shape index (κ2) is 9.56. The number of imidazole rings is 1. The standard InChI is InChI=1S/C19H22ClN5O7/c1-4-11(26)30-8-10-14(32-12(27)5-2)19(28,6-7-20)17(31-10)25-9-22-13-15(25)23-18(21)24-16(13)29-3/h9-10,14,17,28H,4-5,8H2,1-3H3,(H2,21,23,24)/t10-,14-,17-,19-/m1/s1. The Bertz CT molecular complexity index is 1080. The number of halogens is 1. The lowest BCUT2D eigenvalue weighted by atomic mass is 9.94. The van der Waals surface area contributed by atoms with E-state index < -0.39 is 36.0 Å². The highest BCUT2D eigenvalue weighted by atomic mass is 35.5. The normalized spacial score (nSPS) is 24.6. The first-order valence-electron chi connectivity index (χ1n) is 9.68. The lowest BCUT2D eigenvalue weighted by molar-refractivity contribution is -0.162. The van der Waals surface area contributed by atoms with Gasteiger partial charge in [0.1, 0.15) is 12.7 Å². The number of hydrogen-bond acceptors (Lipinski definition) is 11. The molecule has 13 heteroatoms. The molecule has 3 rings (SSSR count). The van der Waals surface area contributed by atoms with Gasteiger partial charge in [-0.25, -0.2) is 4.98 Å². The summed E-state index contributed by atoms with van der Waals surface area (Å²) in [5.74, 6) is 1.34. The molecule has 2 aromatic heterocycles. The largest absolute Gasteiger partial charge is 0.479 e. The van der Waals surface area contributed by atoms with Crippen LogP contribution in [0.1, 0.15) is 32.9 Å². The van der Waals surface area contributed by atoms with Gasteiger partial charge in [0.05, 0.1) is 13.4 Å². The summed E-state index contributed by atoms with van der Waals surface area (Å²) in [7, 11) is 1.39. The predicted octanol–water partition coefficient (Wildman–Crippen LogP) is 0.520. The Morgan fingerprint density at radius 1 is 1.34 bits per heavy atom. The van der Waals surface area contributed by atoms with Gasteiger partial charge >= 0.3 is 11.9 Å². The zero-order chi connectivity index (χ0) is 23.5. The lowest BCUT2D eigenvalue weighted by Gasteiger charge is -2.28. The number of nitrogen functional groups attached to an aromatic ring is 1. The zero-order valence-corrected chi connectivity index (χ0v) is 18.3. The van der Waals surface area contributed by atoms with Gasteiger partial charge in [0.25, 0.3) is 0 Å². The van der Waals surface area contributed by atoms with Crippen molar-refractivity contribution in [1.82, 2.24) is 19.5 Å². The topological polar surface area (TPSA) is 161 Å². The van der Waals surface area contributed by atoms with Crippen molar-refractivity contribution in [2.24, 2.45) is 0 Å². The van der Waals surface area contributed by atoms with Crippen molar-refractivity contribution in [3.8, 4) is 17.2 Å². The minimum absolute atomic E-state index is 0.0297. The number of nitrogens with two attached hydrogens (primary N) is 1. The predicted molar refractivity (Wildman–Crippen MR) is 110 cm³/mol. The van der Waals surface area contributed by atoms with Crippen molar-refractivity contribution in [2.75, 3.05) is 19.5 Å². The van der Waals surface area contributed by atoms with Crippen LogP contribution < -0.4 is 10.5 Å². The van der Waals surface area contributed by atoms with Crippen molar-refractivity contribution < 1.29 is 33.6 Å². The molecule has 0 saturated carbocycles. The molecule has 0 radical (unpaired) electrons. The summed E-state index contributed by atoms with van der Waals surface area (Å²) in [6.07, 6.45) is -2.24. The van der Waals surface area contributed by atoms with E-state index in [2.05, 4.69) is 26.3 Å². The summed E-state index contributed by atoms with van der Waals surface area (Å²) in [6, 6.07) is 0. The van der Waals surface area contributed by atoms with E-state index >= 15 is 0 Å². The van der Waals surface area contributed by atoms with E-state index in [1.807, 2.05) is 0 Å². The summed E-state index contributed by atoms with van der Waals surface area (Å²) in [5.41, 5.74) is 4.04. The van der Waals surface area contributed by atoms with Crippen molar-refractivity contribution >= 4 is 40.7 Å². The maximum absolute atomic E-state index is 12.1. The van der Waals surface area contributed by atoms with Crippen molar-refractivity contribution in [3.63, 3.8) is 0 Å². The molecule has 0 spiro atoms. The monoisotopic (exact) mass is 467 g/mol. The van der Waals surface area contributed by atoms with Gasteiger partial charge in [0.15, 0.2) is 23.5 Å². The number of aromatic nitrogens is 4. The lowest BCUT2D eigenvalue weighted by Crippen LogP contribution is -2.48. The number of aliphatic hydroxyl groups is 1. The molecule has 0 aromatic carbocycles. The Hall–Kier alpha value is -3.14. The third-order valence-corrected chi connectivity index (χ3v) is 4.89. The minimum atomic E-state index is -2.14. The summed E-state index contributed by atoms with van der Waals surface area (Å²) >= 11 is 5.63. The van der Waals surface area contributed by atoms with Crippen LogP contribution >= 0.6 is 11.6 Å². The number of rotatable bonds is 7. The van der Waals surface area contributed by atoms with E-state index in [0.717, 1.165) is 0 Å². The SMILES string of the molecule is CCC(=O)OC[C@H]1O[C@@H](n2cnc3c(OC)nc(N)nc32)[C@@](O)(C#CCl)[C@@H]1OC(=O)CC. The number of hydrogen-bond donors (Lipinski definition) is 2. The molecule has 0 unspecified atom stereocenters. The summed E-state index contributed by atoms with van der Waals surface area (Å²) in [4.78, 5) is 36.1. The minimum Gasteiger partial charge on any atom is -0.479 e. The second-order valence-corrected chi connectivity index (χ2v) is 6.98. The Morgan fingerprint density at radius 2 is 2.06 bits per heavy atom. The third-order valence-electron chi connectivity index (χ3n) is 4.80. The Labute approximate surface area is 188 Å². The van der Waals surface area contributed by atoms with Gasteiger partial charge in [0, 0.05) is 18.2 Å². The Kier molecular flexibility index (Phi) is 7.02. The maximum Gasteiger partial charge on any atom is 0.306 e. The molecule has 1 aliphatic heterocycles. The quantitative estimate of drug-likeness (QED) is 0.431. The van der Waals surface area contributed by atoms with Crippen LogP contribution in [-0.2, 0) is 23.8 Å². The van der Waals surface area contributed by atoms with E-state index in [-0.39, 0.29) is 42.4 Å². The number of anilines is 1. The number of fused-ring (bicyclic) bond motifs is 1. The fraction of sp³-hybridized carbons (Fsp3) is 0.526. The number of nitrogens with zero attached hydrogens (tertiary/aromatic N) is 4. The highest BCUT2D eigenvalue weighted by Crippen LogP contribution is 2.42. The first-order valence-corrected chi connectivity index (χ1v) is 10.1. The summed E-state index contributed by atoms with van der Waals surface area (Å²) < 4.78 is 23.1. The number of esters is 2. The molecule has 3 heterocycles. The smallest absolute Gasteiger partial charge is 0.306 e. The molecular weight excluding hydrogens is 446 g/mol. The zero-order valence-electron chi connectivity index (χ0n) is 17.6. The van der Waals surface area contributed by atoms with Gasteiger partial charge in [-0.2, -0.15) is 9.97 Å². The van der Waals surface area contributed by atoms with Gasteiger partial charge in [-0.1, -0.05) is 13.8 Å². The summed E-state index contributed by atoms with van der Waals surface area (Å²) in [5, 5.41) is 13.6.